The lowest BCUT2D eigenvalue weighted by Crippen LogP contribution is -2.50. The highest BCUT2D eigenvalue weighted by Crippen LogP contribution is 2.75. The second kappa shape index (κ2) is 4.86. The minimum atomic E-state index is -0.939. The number of hydrogen-bond donors (Lipinski definition) is 0. The average molecular weight is 427 g/mol. The highest BCUT2D eigenvalue weighted by atomic mass is 35.5. The summed E-state index contributed by atoms with van der Waals surface area (Å²) in [6, 6.07) is 0. The predicted octanol–water partition coefficient (Wildman–Crippen LogP) is 3.00. The summed E-state index contributed by atoms with van der Waals surface area (Å²) in [5.41, 5.74) is 0. The van der Waals surface area contributed by atoms with Crippen LogP contribution in [0.4, 0.5) is 0 Å². The zero-order valence-corrected chi connectivity index (χ0v) is 16.4. The fourth-order valence-corrected chi connectivity index (χ4v) is 7.60. The van der Waals surface area contributed by atoms with Gasteiger partial charge in [0.15, 0.2) is 0 Å². The summed E-state index contributed by atoms with van der Waals surface area (Å²) in [7, 11) is 0. The van der Waals surface area contributed by atoms with E-state index in [1.807, 2.05) is 0 Å². The molecule has 5 rings (SSSR count). The molecule has 4 bridgehead atoms. The van der Waals surface area contributed by atoms with Crippen molar-refractivity contribution in [1.82, 2.24) is 5.06 Å². The van der Waals surface area contributed by atoms with Crippen molar-refractivity contribution in [1.29, 1.82) is 0 Å². The van der Waals surface area contributed by atoms with Crippen molar-refractivity contribution < 1.29 is 19.2 Å². The molecule has 4 fully saturated rings. The van der Waals surface area contributed by atoms with Gasteiger partial charge >= 0.3 is 0 Å². The first-order valence-electron chi connectivity index (χ1n) is 8.27. The normalized spacial score (nSPS) is 52.8. The van der Waals surface area contributed by atoms with E-state index in [9.17, 15) is 9.59 Å². The van der Waals surface area contributed by atoms with Gasteiger partial charge in [-0.05, 0) is 20.3 Å². The van der Waals surface area contributed by atoms with Crippen LogP contribution in [-0.2, 0) is 19.2 Å². The van der Waals surface area contributed by atoms with Gasteiger partial charge in [0.2, 0.25) is 0 Å². The largest absolute Gasteiger partial charge is 0.373 e. The molecular weight excluding hydrogens is 412 g/mol. The summed E-state index contributed by atoms with van der Waals surface area (Å²) in [5, 5.41) is 1.57. The topological polar surface area (TPSA) is 55.8 Å². The molecule has 2 aliphatic carbocycles. The Morgan fingerprint density at radius 1 is 1.04 bits per heavy atom. The monoisotopic (exact) mass is 425 g/mol. The molecule has 2 amide bonds. The molecule has 0 aromatic carbocycles. The quantitative estimate of drug-likeness (QED) is 0.503. The van der Waals surface area contributed by atoms with Gasteiger partial charge < -0.3 is 4.74 Å². The molecule has 3 saturated heterocycles. The number of rotatable bonds is 2. The summed E-state index contributed by atoms with van der Waals surface area (Å²) in [6.07, 6.45) is -0.909. The first-order valence-corrected chi connectivity index (χ1v) is 9.78. The molecule has 8 atom stereocenters. The van der Waals surface area contributed by atoms with Gasteiger partial charge in [-0.25, -0.2) is 0 Å². The Kier molecular flexibility index (Phi) is 3.32. The number of hydrogen-bond acceptors (Lipinski definition) is 4. The van der Waals surface area contributed by atoms with Crippen molar-refractivity contribution in [3.05, 3.63) is 10.1 Å². The van der Waals surface area contributed by atoms with E-state index in [-0.39, 0.29) is 29.8 Å². The lowest BCUT2D eigenvalue weighted by atomic mass is 9.65. The summed E-state index contributed by atoms with van der Waals surface area (Å²) in [4.78, 5) is 29.2. The number of alkyl halides is 2. The average Bonchev–Trinajstić information content (AvgIpc) is 3.25. The van der Waals surface area contributed by atoms with E-state index in [0.717, 1.165) is 5.06 Å². The number of imide groups is 1. The third kappa shape index (κ3) is 1.72. The van der Waals surface area contributed by atoms with Gasteiger partial charge in [0, 0.05) is 11.8 Å². The van der Waals surface area contributed by atoms with Gasteiger partial charge in [0.05, 0.1) is 50.0 Å². The van der Waals surface area contributed by atoms with Crippen LogP contribution in [0.3, 0.4) is 0 Å². The Balaban J connectivity index is 1.58. The third-order valence-electron chi connectivity index (χ3n) is 6.28. The number of amides is 2. The highest BCUT2D eigenvalue weighted by Gasteiger charge is 2.82. The van der Waals surface area contributed by atoms with Crippen LogP contribution in [0.2, 0.25) is 0 Å². The molecular formula is C16H15Cl4NO4. The Bertz CT molecular complexity index is 702. The number of fused-ring (bicyclic) bond motifs is 12. The maximum atomic E-state index is 12.8. The van der Waals surface area contributed by atoms with Crippen LogP contribution in [0, 0.1) is 23.7 Å². The third-order valence-corrected chi connectivity index (χ3v) is 8.78. The maximum Gasteiger partial charge on any atom is 0.260 e. The number of hydroxylamine groups is 2. The standard InChI is InChI=1S/C16H15Cl4NO4/c1-4(2)25-21-13(22)5-6(14(21)23)10-8-7(9(5)24-10)15(19)3-16(8,20)12(18)11(15)17/h4-10H,3H2,1-2H3/t5-,6+,7+,8-,9+,10-,15-,16-/m0/s1. The van der Waals surface area contributed by atoms with Crippen LogP contribution in [0.1, 0.15) is 20.3 Å². The fraction of sp³-hybridized carbons (Fsp3) is 0.750. The first-order chi connectivity index (χ1) is 11.6. The van der Waals surface area contributed by atoms with Gasteiger partial charge in [-0.2, -0.15) is 5.06 Å². The summed E-state index contributed by atoms with van der Waals surface area (Å²) in [6.45, 7) is 3.53. The fourth-order valence-electron chi connectivity index (χ4n) is 5.58. The molecule has 0 radical (unpaired) electrons. The van der Waals surface area contributed by atoms with Gasteiger partial charge in [-0.3, -0.25) is 14.4 Å². The molecule has 0 unspecified atom stereocenters. The van der Waals surface area contributed by atoms with Crippen LogP contribution in [0.5, 0.6) is 0 Å². The summed E-state index contributed by atoms with van der Waals surface area (Å²) < 4.78 is 6.07. The Morgan fingerprint density at radius 3 is 1.88 bits per heavy atom. The molecule has 0 aromatic rings. The number of ether oxygens (including phenoxy) is 1. The second-order valence-electron chi connectivity index (χ2n) is 7.82. The molecule has 0 spiro atoms. The van der Waals surface area contributed by atoms with E-state index in [4.69, 9.17) is 56.0 Å². The minimum Gasteiger partial charge on any atom is -0.373 e. The molecule has 9 heteroatoms. The molecule has 25 heavy (non-hydrogen) atoms. The molecule has 5 nitrogen and oxygen atoms in total. The maximum absolute atomic E-state index is 12.8. The van der Waals surface area contributed by atoms with E-state index in [0.29, 0.717) is 16.5 Å². The van der Waals surface area contributed by atoms with Crippen molar-refractivity contribution in [3.8, 4) is 0 Å². The Hall–Kier alpha value is -0.0400. The van der Waals surface area contributed by atoms with E-state index >= 15 is 0 Å². The van der Waals surface area contributed by atoms with Crippen molar-refractivity contribution >= 4 is 58.2 Å². The van der Waals surface area contributed by atoms with Gasteiger partial charge in [-0.15, -0.1) is 23.2 Å². The van der Waals surface area contributed by atoms with E-state index < -0.39 is 33.8 Å². The van der Waals surface area contributed by atoms with Crippen LogP contribution in [0.25, 0.3) is 0 Å². The molecule has 5 aliphatic rings. The minimum absolute atomic E-state index is 0.247. The van der Waals surface area contributed by atoms with Crippen LogP contribution < -0.4 is 0 Å². The number of carbonyl (C=O) groups is 2. The van der Waals surface area contributed by atoms with Crippen LogP contribution >= 0.6 is 46.4 Å². The summed E-state index contributed by atoms with van der Waals surface area (Å²) >= 11 is 26.5. The van der Waals surface area contributed by atoms with E-state index in [1.54, 1.807) is 13.8 Å². The Morgan fingerprint density at radius 2 is 1.48 bits per heavy atom. The molecule has 1 saturated carbocycles. The van der Waals surface area contributed by atoms with Crippen molar-refractivity contribution in [3.63, 3.8) is 0 Å². The zero-order chi connectivity index (χ0) is 18.0. The van der Waals surface area contributed by atoms with E-state index in [1.165, 1.54) is 0 Å². The van der Waals surface area contributed by atoms with Crippen molar-refractivity contribution in [2.24, 2.45) is 23.7 Å². The molecule has 3 heterocycles. The molecule has 3 aliphatic heterocycles. The SMILES string of the molecule is CC(C)ON1C(=O)[C@@H]2[C@H]3O[C@@H]([C@@H]2C1=O)[C@@H]1[C@H]3[C@@]2(Cl)C[C@@]1(Cl)C(Cl)=C2Cl. The summed E-state index contributed by atoms with van der Waals surface area (Å²) in [5.74, 6) is -2.43. The van der Waals surface area contributed by atoms with Crippen molar-refractivity contribution in [2.45, 2.75) is 48.3 Å². The lowest BCUT2D eigenvalue weighted by molar-refractivity contribution is -0.202. The van der Waals surface area contributed by atoms with Crippen molar-refractivity contribution in [2.75, 3.05) is 0 Å². The first kappa shape index (κ1) is 17.1. The molecule has 0 aromatic heterocycles. The van der Waals surface area contributed by atoms with Crippen LogP contribution in [-0.4, -0.2) is 44.9 Å². The van der Waals surface area contributed by atoms with Gasteiger partial charge in [0.1, 0.15) is 0 Å². The number of carbonyl (C=O) groups excluding carboxylic acids is 2. The number of allylic oxidation sites excluding steroid dienone is 2. The van der Waals surface area contributed by atoms with Gasteiger partial charge in [-0.1, -0.05) is 23.2 Å². The number of halogens is 4. The van der Waals surface area contributed by atoms with Crippen LogP contribution in [0.15, 0.2) is 10.1 Å². The smallest absolute Gasteiger partial charge is 0.260 e. The lowest BCUT2D eigenvalue weighted by Gasteiger charge is -2.40. The predicted molar refractivity (Wildman–Crippen MR) is 91.2 cm³/mol. The molecule has 0 N–H and O–H groups in total. The highest BCUT2D eigenvalue weighted by molar-refractivity contribution is 6.51. The second-order valence-corrected chi connectivity index (χ2v) is 9.93. The zero-order valence-electron chi connectivity index (χ0n) is 13.3. The van der Waals surface area contributed by atoms with E-state index in [2.05, 4.69) is 0 Å². The Labute approximate surface area is 164 Å². The van der Waals surface area contributed by atoms with Gasteiger partial charge in [0.25, 0.3) is 11.8 Å². The molecule has 136 valence electrons. The number of nitrogens with zero attached hydrogens (tertiary/aromatic N) is 1.